The average Bonchev–Trinajstić information content (AvgIpc) is 2.77. The van der Waals surface area contributed by atoms with Crippen LogP contribution in [0.4, 0.5) is 0 Å². The third kappa shape index (κ3) is 4.12. The third-order valence-electron chi connectivity index (χ3n) is 6.36. The van der Waals surface area contributed by atoms with Crippen molar-refractivity contribution in [2.75, 3.05) is 0 Å². The Balaban J connectivity index is 1.51. The van der Waals surface area contributed by atoms with Crippen molar-refractivity contribution in [2.24, 2.45) is 5.92 Å². The van der Waals surface area contributed by atoms with Crippen LogP contribution in [-0.2, 0) is 6.42 Å². The van der Waals surface area contributed by atoms with Gasteiger partial charge in [-0.05, 0) is 89.5 Å². The second kappa shape index (κ2) is 8.61. The van der Waals surface area contributed by atoms with Gasteiger partial charge in [0.05, 0.1) is 0 Å². The highest BCUT2D eigenvalue weighted by atomic mass is 14.2. The quantitative estimate of drug-likeness (QED) is 0.387. The summed E-state index contributed by atoms with van der Waals surface area (Å²) in [6, 6.07) is 22.9. The summed E-state index contributed by atoms with van der Waals surface area (Å²) in [5.74, 6) is 1.45. The Hall–Kier alpha value is -2.60. The molecule has 0 saturated heterocycles. The molecule has 0 atom stereocenters. The van der Waals surface area contributed by atoms with Gasteiger partial charge in [0.15, 0.2) is 0 Å². The summed E-state index contributed by atoms with van der Waals surface area (Å²) >= 11 is 0. The first-order chi connectivity index (χ1) is 13.8. The topological polar surface area (TPSA) is 0 Å². The summed E-state index contributed by atoms with van der Waals surface area (Å²) in [5.41, 5.74) is 5.49. The second-order valence-electron chi connectivity index (χ2n) is 8.19. The van der Waals surface area contributed by atoms with Crippen LogP contribution in [0.15, 0.2) is 86.0 Å². The molecule has 28 heavy (non-hydrogen) atoms. The van der Waals surface area contributed by atoms with Gasteiger partial charge < -0.3 is 0 Å². The van der Waals surface area contributed by atoms with Crippen molar-refractivity contribution >= 4 is 10.8 Å². The lowest BCUT2D eigenvalue weighted by Gasteiger charge is -2.27. The number of fused-ring (bicyclic) bond motifs is 1. The molecule has 1 aliphatic carbocycles. The molecule has 0 nitrogen and oxygen atoms in total. The van der Waals surface area contributed by atoms with E-state index in [1.165, 1.54) is 58.7 Å². The molecule has 0 aliphatic heterocycles. The number of benzene rings is 3. The molecule has 0 heteroatoms. The standard InChI is InChI=1S/C28H30/c1-3-5-6-22-9-12-28-20-27(18-17-26(28)19-22)25-15-13-24(14-16-25)23-10-7-21(4-2)8-11-23/h3-4,9,12-21,23H,1-2,5-8,10-11H2. The Morgan fingerprint density at radius 3 is 2.14 bits per heavy atom. The van der Waals surface area contributed by atoms with Gasteiger partial charge in [-0.3, -0.25) is 0 Å². The lowest BCUT2D eigenvalue weighted by molar-refractivity contribution is 0.376. The van der Waals surface area contributed by atoms with Gasteiger partial charge in [-0.15, -0.1) is 13.2 Å². The van der Waals surface area contributed by atoms with E-state index >= 15 is 0 Å². The molecule has 0 spiro atoms. The molecule has 1 fully saturated rings. The number of hydrogen-bond acceptors (Lipinski definition) is 0. The highest BCUT2D eigenvalue weighted by molar-refractivity contribution is 5.87. The van der Waals surface area contributed by atoms with Crippen LogP contribution in [-0.4, -0.2) is 0 Å². The van der Waals surface area contributed by atoms with Gasteiger partial charge in [-0.2, -0.15) is 0 Å². The van der Waals surface area contributed by atoms with E-state index in [1.54, 1.807) is 0 Å². The Morgan fingerprint density at radius 1 is 0.750 bits per heavy atom. The maximum atomic E-state index is 3.96. The highest BCUT2D eigenvalue weighted by Gasteiger charge is 2.20. The zero-order valence-corrected chi connectivity index (χ0v) is 16.7. The first kappa shape index (κ1) is 18.7. The number of aryl methyl sites for hydroxylation is 1. The number of allylic oxidation sites excluding steroid dienone is 2. The molecule has 3 aromatic rings. The zero-order chi connectivity index (χ0) is 19.3. The minimum atomic E-state index is 0.718. The summed E-state index contributed by atoms with van der Waals surface area (Å²) in [6.45, 7) is 7.79. The minimum absolute atomic E-state index is 0.718. The average molecular weight is 367 g/mol. The largest absolute Gasteiger partial charge is 0.103 e. The Bertz CT molecular complexity index is 953. The summed E-state index contributed by atoms with van der Waals surface area (Å²) in [5, 5.41) is 2.63. The van der Waals surface area contributed by atoms with Crippen molar-refractivity contribution in [1.82, 2.24) is 0 Å². The van der Waals surface area contributed by atoms with Crippen molar-refractivity contribution in [3.63, 3.8) is 0 Å². The maximum Gasteiger partial charge on any atom is -0.0162 e. The van der Waals surface area contributed by atoms with E-state index in [9.17, 15) is 0 Å². The van der Waals surface area contributed by atoms with Crippen LogP contribution in [0.2, 0.25) is 0 Å². The predicted octanol–water partition coefficient (Wildman–Crippen LogP) is 8.09. The molecular formula is C28H30. The predicted molar refractivity (Wildman–Crippen MR) is 123 cm³/mol. The fourth-order valence-electron chi connectivity index (χ4n) is 4.53. The van der Waals surface area contributed by atoms with Crippen LogP contribution >= 0.6 is 0 Å². The summed E-state index contributed by atoms with van der Waals surface area (Å²) in [4.78, 5) is 0. The minimum Gasteiger partial charge on any atom is -0.103 e. The zero-order valence-electron chi connectivity index (χ0n) is 16.7. The number of rotatable bonds is 6. The molecule has 142 valence electrons. The Labute approximate surface area is 169 Å². The van der Waals surface area contributed by atoms with Crippen molar-refractivity contribution in [3.8, 4) is 11.1 Å². The first-order valence-electron chi connectivity index (χ1n) is 10.6. The third-order valence-corrected chi connectivity index (χ3v) is 6.36. The molecule has 1 saturated carbocycles. The summed E-state index contributed by atoms with van der Waals surface area (Å²) in [6.07, 6.45) is 11.4. The van der Waals surface area contributed by atoms with Gasteiger partial charge in [0, 0.05) is 0 Å². The normalized spacial score (nSPS) is 19.4. The molecular weight excluding hydrogens is 336 g/mol. The number of hydrogen-bond donors (Lipinski definition) is 0. The lowest BCUT2D eigenvalue weighted by Crippen LogP contribution is -2.11. The Kier molecular flexibility index (Phi) is 5.76. The molecule has 0 aromatic heterocycles. The van der Waals surface area contributed by atoms with Gasteiger partial charge >= 0.3 is 0 Å². The Morgan fingerprint density at radius 2 is 1.43 bits per heavy atom. The van der Waals surface area contributed by atoms with E-state index in [2.05, 4.69) is 79.9 Å². The van der Waals surface area contributed by atoms with Gasteiger partial charge in [-0.1, -0.05) is 66.7 Å². The molecule has 3 aromatic carbocycles. The summed E-state index contributed by atoms with van der Waals surface area (Å²) < 4.78 is 0. The van der Waals surface area contributed by atoms with E-state index in [0.717, 1.165) is 24.7 Å². The van der Waals surface area contributed by atoms with E-state index in [-0.39, 0.29) is 0 Å². The highest BCUT2D eigenvalue weighted by Crippen LogP contribution is 2.37. The van der Waals surface area contributed by atoms with Crippen LogP contribution in [0.25, 0.3) is 21.9 Å². The lowest BCUT2D eigenvalue weighted by atomic mass is 9.78. The van der Waals surface area contributed by atoms with Crippen LogP contribution in [0.3, 0.4) is 0 Å². The molecule has 1 aliphatic rings. The molecule has 0 N–H and O–H groups in total. The monoisotopic (exact) mass is 366 g/mol. The summed E-state index contributed by atoms with van der Waals surface area (Å²) in [7, 11) is 0. The maximum absolute atomic E-state index is 3.96. The van der Waals surface area contributed by atoms with Gasteiger partial charge in [-0.25, -0.2) is 0 Å². The van der Waals surface area contributed by atoms with Crippen LogP contribution in [0.5, 0.6) is 0 Å². The van der Waals surface area contributed by atoms with Crippen LogP contribution in [0.1, 0.15) is 49.1 Å². The molecule has 4 rings (SSSR count). The molecule has 0 radical (unpaired) electrons. The van der Waals surface area contributed by atoms with Crippen molar-refractivity contribution in [1.29, 1.82) is 0 Å². The SMILES string of the molecule is C=CCCc1ccc2cc(-c3ccc(C4CCC(C=C)CC4)cc3)ccc2c1. The fraction of sp³-hybridized carbons (Fsp3) is 0.286. The van der Waals surface area contributed by atoms with Crippen molar-refractivity contribution < 1.29 is 0 Å². The van der Waals surface area contributed by atoms with E-state index < -0.39 is 0 Å². The smallest absolute Gasteiger partial charge is 0.0162 e. The molecule has 0 heterocycles. The van der Waals surface area contributed by atoms with Crippen molar-refractivity contribution in [2.45, 2.75) is 44.4 Å². The van der Waals surface area contributed by atoms with Gasteiger partial charge in [0.1, 0.15) is 0 Å². The molecule has 0 unspecified atom stereocenters. The fourth-order valence-corrected chi connectivity index (χ4v) is 4.53. The van der Waals surface area contributed by atoms with Crippen LogP contribution in [0, 0.1) is 5.92 Å². The van der Waals surface area contributed by atoms with E-state index in [0.29, 0.717) is 0 Å². The second-order valence-corrected chi connectivity index (χ2v) is 8.19. The van der Waals surface area contributed by atoms with E-state index in [4.69, 9.17) is 0 Å². The molecule has 0 amide bonds. The molecule has 0 bridgehead atoms. The van der Waals surface area contributed by atoms with Gasteiger partial charge in [0.25, 0.3) is 0 Å². The van der Waals surface area contributed by atoms with E-state index in [1.807, 2.05) is 6.08 Å². The van der Waals surface area contributed by atoms with Gasteiger partial charge in [0.2, 0.25) is 0 Å². The van der Waals surface area contributed by atoms with Crippen LogP contribution < -0.4 is 0 Å². The van der Waals surface area contributed by atoms with Crippen molar-refractivity contribution in [3.05, 3.63) is 97.1 Å². The first-order valence-corrected chi connectivity index (χ1v) is 10.6.